The van der Waals surface area contributed by atoms with Gasteiger partial charge in [-0.1, -0.05) is 35.5 Å². The van der Waals surface area contributed by atoms with E-state index in [1.807, 2.05) is 12.3 Å². The van der Waals surface area contributed by atoms with Crippen LogP contribution in [0.4, 0.5) is 11.5 Å². The number of anilines is 2. The van der Waals surface area contributed by atoms with Crippen LogP contribution in [0.15, 0.2) is 64.7 Å². The Bertz CT molecular complexity index is 1090. The molecule has 8 heteroatoms. The number of likely N-dealkylation sites (N-methyl/N-ethyl adjacent to an activating group) is 1. The van der Waals surface area contributed by atoms with Crippen LogP contribution in [-0.2, 0) is 6.54 Å². The maximum Gasteiger partial charge on any atom is 0.174 e. The zero-order chi connectivity index (χ0) is 22.8. The van der Waals surface area contributed by atoms with E-state index in [0.717, 1.165) is 55.0 Å². The molecule has 1 fully saturated rings. The summed E-state index contributed by atoms with van der Waals surface area (Å²) >= 11 is 1.64. The molecule has 7 nitrogen and oxygen atoms in total. The first-order chi connectivity index (χ1) is 16.0. The molecule has 1 aromatic heterocycles. The summed E-state index contributed by atoms with van der Waals surface area (Å²) in [5, 5.41) is 8.03. The van der Waals surface area contributed by atoms with Gasteiger partial charge in [-0.3, -0.25) is 4.90 Å². The molecule has 2 aromatic rings. The van der Waals surface area contributed by atoms with Crippen LogP contribution in [0, 0.1) is 6.92 Å². The maximum absolute atomic E-state index is 4.99. The maximum atomic E-state index is 4.99. The highest BCUT2D eigenvalue weighted by Gasteiger charge is 2.32. The van der Waals surface area contributed by atoms with Gasteiger partial charge in [0.15, 0.2) is 5.50 Å². The third kappa shape index (κ3) is 5.29. The second kappa shape index (κ2) is 9.29. The van der Waals surface area contributed by atoms with Crippen molar-refractivity contribution < 1.29 is 0 Å². The first-order valence-electron chi connectivity index (χ1n) is 11.5. The Morgan fingerprint density at radius 3 is 2.70 bits per heavy atom. The number of aliphatic imine (C=N–C) groups is 2. The molecule has 0 aliphatic carbocycles. The standard InChI is InChI=1S/C25H31N7S/c1-18-6-8-20(9-7-18)29-25(2)11-10-21-23(30-25)33-24(27-21)28-22-19(5-4-12-26-22)17-32-15-13-31(3)14-16-32/h4-12,24,29H,13-17H2,1-3H3,(H,26,28). The lowest BCUT2D eigenvalue weighted by Crippen LogP contribution is -2.44. The summed E-state index contributed by atoms with van der Waals surface area (Å²) in [6, 6.07) is 12.6. The molecule has 5 rings (SSSR count). The predicted octanol–water partition coefficient (Wildman–Crippen LogP) is 3.82. The number of nitrogens with one attached hydrogen (secondary N) is 2. The largest absolute Gasteiger partial charge is 0.358 e. The van der Waals surface area contributed by atoms with Crippen molar-refractivity contribution in [2.24, 2.45) is 9.98 Å². The number of dihydropyridines is 1. The van der Waals surface area contributed by atoms with Gasteiger partial charge in [0.05, 0.1) is 5.71 Å². The van der Waals surface area contributed by atoms with Gasteiger partial charge in [0.25, 0.3) is 0 Å². The number of nitrogens with zero attached hydrogens (tertiary/aromatic N) is 5. The molecule has 0 radical (unpaired) electrons. The molecule has 3 aliphatic heterocycles. The Hall–Kier alpha value is -2.68. The van der Waals surface area contributed by atoms with E-state index in [1.165, 1.54) is 11.1 Å². The van der Waals surface area contributed by atoms with E-state index in [9.17, 15) is 0 Å². The molecule has 2 unspecified atom stereocenters. The number of fused-ring (bicyclic) bond motifs is 1. The third-order valence-electron chi connectivity index (χ3n) is 6.19. The van der Waals surface area contributed by atoms with Gasteiger partial charge in [-0.25, -0.2) is 15.0 Å². The molecule has 2 N–H and O–H groups in total. The fraction of sp³-hybridized carbons (Fsp3) is 0.400. The molecule has 3 aliphatic rings. The van der Waals surface area contributed by atoms with Gasteiger partial charge in [0.2, 0.25) is 0 Å². The number of allylic oxidation sites excluding steroid dienone is 1. The van der Waals surface area contributed by atoms with Crippen LogP contribution in [0.2, 0.25) is 0 Å². The smallest absolute Gasteiger partial charge is 0.174 e. The highest BCUT2D eigenvalue weighted by molar-refractivity contribution is 8.16. The summed E-state index contributed by atoms with van der Waals surface area (Å²) in [5.41, 5.74) is 3.80. The summed E-state index contributed by atoms with van der Waals surface area (Å²) in [7, 11) is 2.18. The molecule has 172 valence electrons. The minimum absolute atomic E-state index is 0.133. The molecule has 1 saturated heterocycles. The van der Waals surface area contributed by atoms with Crippen molar-refractivity contribution in [3.63, 3.8) is 0 Å². The molecular weight excluding hydrogens is 430 g/mol. The van der Waals surface area contributed by atoms with Crippen LogP contribution in [-0.4, -0.2) is 69.9 Å². The van der Waals surface area contributed by atoms with Crippen LogP contribution in [0.1, 0.15) is 18.1 Å². The van der Waals surface area contributed by atoms with Gasteiger partial charge in [0.1, 0.15) is 16.5 Å². The van der Waals surface area contributed by atoms with Crippen molar-refractivity contribution in [2.45, 2.75) is 31.6 Å². The van der Waals surface area contributed by atoms with Crippen molar-refractivity contribution in [3.8, 4) is 0 Å². The van der Waals surface area contributed by atoms with Crippen LogP contribution in [0.5, 0.6) is 0 Å². The Morgan fingerprint density at radius 2 is 1.91 bits per heavy atom. The lowest BCUT2D eigenvalue weighted by atomic mass is 10.1. The van der Waals surface area contributed by atoms with E-state index >= 15 is 0 Å². The molecule has 1 aromatic carbocycles. The fourth-order valence-corrected chi connectivity index (χ4v) is 5.21. The van der Waals surface area contributed by atoms with E-state index in [4.69, 9.17) is 9.98 Å². The Balaban J connectivity index is 1.26. The molecule has 4 heterocycles. The van der Waals surface area contributed by atoms with Gasteiger partial charge in [-0.05, 0) is 51.2 Å². The normalized spacial score (nSPS) is 25.4. The van der Waals surface area contributed by atoms with Gasteiger partial charge >= 0.3 is 0 Å². The molecular formula is C25H31N7S. The number of piperazine rings is 1. The van der Waals surface area contributed by atoms with Crippen molar-refractivity contribution >= 4 is 34.0 Å². The lowest BCUT2D eigenvalue weighted by Gasteiger charge is -2.32. The number of pyridine rings is 1. The minimum atomic E-state index is -0.497. The molecule has 0 bridgehead atoms. The van der Waals surface area contributed by atoms with Crippen LogP contribution >= 0.6 is 11.8 Å². The molecule has 0 spiro atoms. The SMILES string of the molecule is Cc1ccc(NC2(C)C=CC3=NC(Nc4ncccc4CN4CCN(C)CC4)SC3=N2)cc1. The van der Waals surface area contributed by atoms with Gasteiger partial charge in [-0.2, -0.15) is 0 Å². The second-order valence-corrected chi connectivity index (χ2v) is 10.2. The predicted molar refractivity (Wildman–Crippen MR) is 139 cm³/mol. The number of aryl methyl sites for hydroxylation is 1. The van der Waals surface area contributed by atoms with E-state index in [0.29, 0.717) is 0 Å². The fourth-order valence-electron chi connectivity index (χ4n) is 4.18. The van der Waals surface area contributed by atoms with Gasteiger partial charge in [-0.15, -0.1) is 0 Å². The number of hydrogen-bond acceptors (Lipinski definition) is 8. The minimum Gasteiger partial charge on any atom is -0.358 e. The summed E-state index contributed by atoms with van der Waals surface area (Å²) in [6.07, 6.45) is 6.00. The van der Waals surface area contributed by atoms with Gasteiger partial charge in [0, 0.05) is 50.2 Å². The third-order valence-corrected chi connectivity index (χ3v) is 7.16. The van der Waals surface area contributed by atoms with Crippen LogP contribution in [0.25, 0.3) is 0 Å². The molecule has 2 atom stereocenters. The summed E-state index contributed by atoms with van der Waals surface area (Å²) in [5.74, 6) is 0.905. The van der Waals surface area contributed by atoms with E-state index in [-0.39, 0.29) is 5.50 Å². The van der Waals surface area contributed by atoms with Crippen LogP contribution in [0.3, 0.4) is 0 Å². The number of rotatable bonds is 6. The first kappa shape index (κ1) is 22.1. The van der Waals surface area contributed by atoms with E-state index < -0.39 is 5.66 Å². The van der Waals surface area contributed by atoms with Crippen molar-refractivity contribution in [1.29, 1.82) is 0 Å². The zero-order valence-electron chi connectivity index (χ0n) is 19.5. The first-order valence-corrected chi connectivity index (χ1v) is 12.3. The number of aromatic nitrogens is 1. The van der Waals surface area contributed by atoms with E-state index in [2.05, 4.69) is 88.8 Å². The summed E-state index contributed by atoms with van der Waals surface area (Å²) < 4.78 is 0. The second-order valence-electron chi connectivity index (χ2n) is 9.11. The zero-order valence-corrected chi connectivity index (χ0v) is 20.3. The highest BCUT2D eigenvalue weighted by Crippen LogP contribution is 2.32. The number of thioether (sulfide) groups is 1. The van der Waals surface area contributed by atoms with Crippen LogP contribution < -0.4 is 10.6 Å². The molecule has 0 saturated carbocycles. The quantitative estimate of drug-likeness (QED) is 0.682. The Morgan fingerprint density at radius 1 is 1.12 bits per heavy atom. The summed E-state index contributed by atoms with van der Waals surface area (Å²) in [6.45, 7) is 9.46. The number of benzene rings is 1. The monoisotopic (exact) mass is 461 g/mol. The Kier molecular flexibility index (Phi) is 6.23. The van der Waals surface area contributed by atoms with Crippen molar-refractivity contribution in [1.82, 2.24) is 14.8 Å². The lowest BCUT2D eigenvalue weighted by molar-refractivity contribution is 0.148. The highest BCUT2D eigenvalue weighted by atomic mass is 32.2. The van der Waals surface area contributed by atoms with Gasteiger partial charge < -0.3 is 15.5 Å². The molecule has 0 amide bonds. The molecule has 33 heavy (non-hydrogen) atoms. The topological polar surface area (TPSA) is 68.2 Å². The van der Waals surface area contributed by atoms with Crippen molar-refractivity contribution in [3.05, 3.63) is 65.9 Å². The average molecular weight is 462 g/mol. The Labute approximate surface area is 200 Å². The average Bonchev–Trinajstić information content (AvgIpc) is 3.19. The summed E-state index contributed by atoms with van der Waals surface area (Å²) in [4.78, 5) is 19.3. The number of hydrogen-bond donors (Lipinski definition) is 2. The van der Waals surface area contributed by atoms with Crippen molar-refractivity contribution in [2.75, 3.05) is 43.9 Å². The van der Waals surface area contributed by atoms with E-state index in [1.54, 1.807) is 11.8 Å².